The molecule has 0 radical (unpaired) electrons. The number of nitrogens with two attached hydrogens (primary N) is 1. The smallest absolute Gasteiger partial charge is 0.331 e. The van der Waals surface area contributed by atoms with E-state index in [4.69, 9.17) is 10.5 Å². The Labute approximate surface area is 92.7 Å². The predicted octanol–water partition coefficient (Wildman–Crippen LogP) is 2.75. The largest absolute Gasteiger partial charge is 0.444 e. The van der Waals surface area contributed by atoms with E-state index in [0.717, 1.165) is 18.9 Å². The molecule has 0 amide bonds. The lowest BCUT2D eigenvalue weighted by atomic mass is 10.1. The van der Waals surface area contributed by atoms with E-state index in [-0.39, 0.29) is 0 Å². The molecule has 1 atom stereocenters. The van der Waals surface area contributed by atoms with Crippen molar-refractivity contribution >= 4 is 5.97 Å². The number of carbonyl (C=O) groups is 1. The van der Waals surface area contributed by atoms with Crippen LogP contribution in [0.2, 0.25) is 0 Å². The van der Waals surface area contributed by atoms with Crippen LogP contribution >= 0.6 is 0 Å². The molecule has 0 fully saturated rings. The van der Waals surface area contributed by atoms with E-state index in [1.165, 1.54) is 32.1 Å². The minimum absolute atomic E-state index is 0.437. The average Bonchev–Trinajstić information content (AvgIpc) is 2.23. The molecule has 0 spiro atoms. The molecular formula is C12H23NO2. The monoisotopic (exact) mass is 213 g/mol. The summed E-state index contributed by atoms with van der Waals surface area (Å²) in [5, 5.41) is 0. The molecule has 0 heterocycles. The van der Waals surface area contributed by atoms with Crippen LogP contribution in [0, 0.1) is 0 Å². The van der Waals surface area contributed by atoms with Gasteiger partial charge in [0, 0.05) is 6.08 Å². The maximum Gasteiger partial charge on any atom is 0.331 e. The number of esters is 1. The highest BCUT2D eigenvalue weighted by Crippen LogP contribution is 2.08. The maximum absolute atomic E-state index is 10.8. The number of ether oxygens (including phenoxy) is 1. The van der Waals surface area contributed by atoms with Gasteiger partial charge in [0.05, 0.1) is 0 Å². The lowest BCUT2D eigenvalue weighted by Gasteiger charge is -2.11. The highest BCUT2D eigenvalue weighted by atomic mass is 16.6. The molecule has 0 aliphatic rings. The third kappa shape index (κ3) is 9.47. The first kappa shape index (κ1) is 14.2. The Kier molecular flexibility index (Phi) is 9.18. The third-order valence-electron chi connectivity index (χ3n) is 2.28. The lowest BCUT2D eigenvalue weighted by molar-refractivity contribution is -0.143. The second-order valence-corrected chi connectivity index (χ2v) is 3.74. The number of hydrogen-bond acceptors (Lipinski definition) is 3. The molecule has 0 saturated carbocycles. The minimum atomic E-state index is -0.471. The summed E-state index contributed by atoms with van der Waals surface area (Å²) >= 11 is 0. The highest BCUT2D eigenvalue weighted by Gasteiger charge is 2.05. The van der Waals surface area contributed by atoms with E-state index in [1.807, 2.05) is 0 Å². The molecule has 0 bridgehead atoms. The van der Waals surface area contributed by atoms with Crippen LogP contribution < -0.4 is 5.73 Å². The van der Waals surface area contributed by atoms with Gasteiger partial charge in [-0.15, -0.1) is 0 Å². The van der Waals surface area contributed by atoms with Crippen molar-refractivity contribution in [3.05, 3.63) is 12.7 Å². The summed E-state index contributed by atoms with van der Waals surface area (Å²) in [7, 11) is 0. The fourth-order valence-corrected chi connectivity index (χ4v) is 1.38. The summed E-state index contributed by atoms with van der Waals surface area (Å²) < 4.78 is 4.85. The molecule has 1 unspecified atom stereocenters. The van der Waals surface area contributed by atoms with Gasteiger partial charge in [-0.3, -0.25) is 5.73 Å². The quantitative estimate of drug-likeness (QED) is 0.277. The fraction of sp³-hybridized carbons (Fsp3) is 0.750. The van der Waals surface area contributed by atoms with E-state index in [1.54, 1.807) is 0 Å². The SMILES string of the molecule is C=CC(=O)OC(N)CCCCCCCC. The zero-order valence-electron chi connectivity index (χ0n) is 9.71. The van der Waals surface area contributed by atoms with Gasteiger partial charge in [0.15, 0.2) is 6.23 Å². The summed E-state index contributed by atoms with van der Waals surface area (Å²) in [5.74, 6) is -0.437. The van der Waals surface area contributed by atoms with E-state index in [2.05, 4.69) is 13.5 Å². The molecule has 0 saturated heterocycles. The van der Waals surface area contributed by atoms with Gasteiger partial charge in [-0.2, -0.15) is 0 Å². The lowest BCUT2D eigenvalue weighted by Crippen LogP contribution is -2.26. The molecule has 0 aromatic heterocycles. The number of rotatable bonds is 9. The minimum Gasteiger partial charge on any atom is -0.444 e. The Balaban J connectivity index is 3.27. The predicted molar refractivity (Wildman–Crippen MR) is 62.3 cm³/mol. The summed E-state index contributed by atoms with van der Waals surface area (Å²) in [5.41, 5.74) is 5.60. The molecule has 3 nitrogen and oxygen atoms in total. The standard InChI is InChI=1S/C12H23NO2/c1-3-5-6-7-8-9-10-11(13)15-12(14)4-2/h4,11H,2-3,5-10,13H2,1H3. The molecule has 88 valence electrons. The summed E-state index contributed by atoms with van der Waals surface area (Å²) in [6.45, 7) is 5.51. The molecule has 0 aromatic rings. The summed E-state index contributed by atoms with van der Waals surface area (Å²) in [4.78, 5) is 10.8. The van der Waals surface area contributed by atoms with E-state index < -0.39 is 12.2 Å². The van der Waals surface area contributed by atoms with Crippen molar-refractivity contribution in [2.75, 3.05) is 0 Å². The Hall–Kier alpha value is -0.830. The van der Waals surface area contributed by atoms with Crippen LogP contribution in [0.5, 0.6) is 0 Å². The van der Waals surface area contributed by atoms with Crippen LogP contribution in [0.3, 0.4) is 0 Å². The van der Waals surface area contributed by atoms with Crippen molar-refractivity contribution in [2.24, 2.45) is 5.73 Å². The second-order valence-electron chi connectivity index (χ2n) is 3.74. The topological polar surface area (TPSA) is 52.3 Å². The highest BCUT2D eigenvalue weighted by molar-refractivity contribution is 5.81. The molecule has 2 N–H and O–H groups in total. The van der Waals surface area contributed by atoms with Crippen molar-refractivity contribution in [3.8, 4) is 0 Å². The number of hydrogen-bond donors (Lipinski definition) is 1. The molecule has 0 aliphatic heterocycles. The Bertz CT molecular complexity index is 180. The van der Waals surface area contributed by atoms with Crippen molar-refractivity contribution < 1.29 is 9.53 Å². The van der Waals surface area contributed by atoms with Crippen LogP contribution in [-0.4, -0.2) is 12.2 Å². The molecule has 0 aliphatic carbocycles. The van der Waals surface area contributed by atoms with E-state index in [9.17, 15) is 4.79 Å². The third-order valence-corrected chi connectivity index (χ3v) is 2.28. The van der Waals surface area contributed by atoms with Gasteiger partial charge >= 0.3 is 5.97 Å². The van der Waals surface area contributed by atoms with Crippen LogP contribution in [0.15, 0.2) is 12.7 Å². The van der Waals surface area contributed by atoms with Crippen LogP contribution in [0.25, 0.3) is 0 Å². The average molecular weight is 213 g/mol. The van der Waals surface area contributed by atoms with Crippen LogP contribution in [0.1, 0.15) is 51.9 Å². The normalized spacial score (nSPS) is 12.1. The van der Waals surface area contributed by atoms with Gasteiger partial charge < -0.3 is 4.74 Å². The van der Waals surface area contributed by atoms with E-state index >= 15 is 0 Å². The van der Waals surface area contributed by atoms with Crippen LogP contribution in [-0.2, 0) is 9.53 Å². The molecule has 0 rings (SSSR count). The van der Waals surface area contributed by atoms with Gasteiger partial charge in [-0.05, 0) is 12.8 Å². The van der Waals surface area contributed by atoms with Gasteiger partial charge in [0.1, 0.15) is 0 Å². The van der Waals surface area contributed by atoms with E-state index in [0.29, 0.717) is 0 Å². The van der Waals surface area contributed by atoms with Gasteiger partial charge in [0.25, 0.3) is 0 Å². The van der Waals surface area contributed by atoms with Crippen molar-refractivity contribution in [1.82, 2.24) is 0 Å². The molecule has 3 heteroatoms. The Morgan fingerprint density at radius 2 is 1.93 bits per heavy atom. The van der Waals surface area contributed by atoms with Gasteiger partial charge in [-0.1, -0.05) is 45.6 Å². The fourth-order valence-electron chi connectivity index (χ4n) is 1.38. The summed E-state index contributed by atoms with van der Waals surface area (Å²) in [6, 6.07) is 0. The molecular weight excluding hydrogens is 190 g/mol. The summed E-state index contributed by atoms with van der Waals surface area (Å²) in [6.07, 6.45) is 8.70. The first-order valence-corrected chi connectivity index (χ1v) is 5.79. The second kappa shape index (κ2) is 9.71. The zero-order chi connectivity index (χ0) is 11.5. The van der Waals surface area contributed by atoms with Gasteiger partial charge in [-0.25, -0.2) is 4.79 Å². The maximum atomic E-state index is 10.8. The van der Waals surface area contributed by atoms with Crippen molar-refractivity contribution in [2.45, 2.75) is 58.1 Å². The zero-order valence-corrected chi connectivity index (χ0v) is 9.71. The first-order chi connectivity index (χ1) is 7.20. The first-order valence-electron chi connectivity index (χ1n) is 5.79. The van der Waals surface area contributed by atoms with Crippen molar-refractivity contribution in [3.63, 3.8) is 0 Å². The van der Waals surface area contributed by atoms with Crippen molar-refractivity contribution in [1.29, 1.82) is 0 Å². The molecule has 15 heavy (non-hydrogen) atoms. The van der Waals surface area contributed by atoms with Crippen LogP contribution in [0.4, 0.5) is 0 Å². The Morgan fingerprint density at radius 3 is 2.53 bits per heavy atom. The Morgan fingerprint density at radius 1 is 1.33 bits per heavy atom. The molecule has 0 aromatic carbocycles. The number of carbonyl (C=O) groups excluding carboxylic acids is 1. The number of unbranched alkanes of at least 4 members (excludes halogenated alkanes) is 5. The van der Waals surface area contributed by atoms with Gasteiger partial charge in [0.2, 0.25) is 0 Å².